The van der Waals surface area contributed by atoms with Crippen molar-refractivity contribution < 1.29 is 0 Å². The molecule has 0 saturated carbocycles. The predicted molar refractivity (Wildman–Crippen MR) is 26.9 cm³/mol. The summed E-state index contributed by atoms with van der Waals surface area (Å²) >= 11 is 0. The summed E-state index contributed by atoms with van der Waals surface area (Å²) < 4.78 is 0. The minimum atomic E-state index is 0.958. The lowest BCUT2D eigenvalue weighted by molar-refractivity contribution is 0.727. The fourth-order valence-electron chi connectivity index (χ4n) is 0.295. The summed E-state index contributed by atoms with van der Waals surface area (Å²) in [6.07, 6.45) is 3.89. The van der Waals surface area contributed by atoms with Gasteiger partial charge < -0.3 is 5.43 Å². The van der Waals surface area contributed by atoms with Crippen LogP contribution in [0.15, 0.2) is 12.3 Å². The molecule has 0 bridgehead atoms. The number of rotatable bonds is 0. The molecule has 0 unspecified atom stereocenters. The Balaban J connectivity index is 0.000000162. The molecule has 0 amide bonds. The standard InChI is InChI=1S/C3H6N2.CHN/c1-2-4-5-3-1;1-2/h1-2,4-5H,3H2;1H. The van der Waals surface area contributed by atoms with Gasteiger partial charge in [0.05, 0.1) is 0 Å². The Hall–Kier alpha value is -1.01. The lowest BCUT2D eigenvalue weighted by Crippen LogP contribution is -2.19. The van der Waals surface area contributed by atoms with Crippen LogP contribution < -0.4 is 10.9 Å². The molecule has 1 rings (SSSR count). The van der Waals surface area contributed by atoms with Crippen molar-refractivity contribution in [2.45, 2.75) is 0 Å². The first-order chi connectivity index (χ1) is 3.50. The molecule has 0 aliphatic carbocycles. The minimum absolute atomic E-state index is 0.958. The molecule has 0 aromatic heterocycles. The summed E-state index contributed by atoms with van der Waals surface area (Å²) in [6.45, 7) is 4.46. The largest absolute Gasteiger partial charge is 0.329 e. The highest BCUT2D eigenvalue weighted by Crippen LogP contribution is 1.67. The van der Waals surface area contributed by atoms with E-state index in [0.29, 0.717) is 0 Å². The van der Waals surface area contributed by atoms with Crippen molar-refractivity contribution in [3.05, 3.63) is 12.3 Å². The first-order valence-electron chi connectivity index (χ1n) is 1.89. The number of nitrogens with one attached hydrogen (secondary N) is 2. The third kappa shape index (κ3) is 2.80. The van der Waals surface area contributed by atoms with Crippen LogP contribution in [0.5, 0.6) is 0 Å². The van der Waals surface area contributed by atoms with Crippen LogP contribution in [0.25, 0.3) is 0 Å². The smallest absolute Gasteiger partial charge is 0.0462 e. The second-order valence-electron chi connectivity index (χ2n) is 0.928. The predicted octanol–water partition coefficient (Wildman–Crippen LogP) is -0.252. The highest BCUT2D eigenvalue weighted by molar-refractivity contribution is 4.85. The van der Waals surface area contributed by atoms with Crippen LogP contribution in [-0.4, -0.2) is 6.54 Å². The Bertz CT molecular complexity index is 68.2. The molecule has 0 saturated heterocycles. The van der Waals surface area contributed by atoms with Gasteiger partial charge >= 0.3 is 0 Å². The van der Waals surface area contributed by atoms with Crippen molar-refractivity contribution >= 4 is 0 Å². The summed E-state index contributed by atoms with van der Waals surface area (Å²) in [5, 5.41) is 6.50. The molecular weight excluding hydrogens is 90.1 g/mol. The van der Waals surface area contributed by atoms with Crippen molar-refractivity contribution in [3.8, 4) is 6.57 Å². The maximum Gasteiger partial charge on any atom is 0.0462 e. The molecule has 3 heteroatoms. The van der Waals surface area contributed by atoms with Gasteiger partial charge in [0.2, 0.25) is 0 Å². The van der Waals surface area contributed by atoms with Gasteiger partial charge in [0.15, 0.2) is 0 Å². The van der Waals surface area contributed by atoms with Crippen molar-refractivity contribution in [1.29, 1.82) is 5.26 Å². The van der Waals surface area contributed by atoms with Gasteiger partial charge in [0.25, 0.3) is 0 Å². The number of nitriles is 1. The van der Waals surface area contributed by atoms with Gasteiger partial charge in [-0.2, -0.15) is 0 Å². The first kappa shape index (κ1) is 5.99. The van der Waals surface area contributed by atoms with E-state index in [2.05, 4.69) is 17.4 Å². The Morgan fingerprint density at radius 3 is 2.43 bits per heavy atom. The second kappa shape index (κ2) is 4.99. The molecule has 0 aromatic rings. The third-order valence-electron chi connectivity index (χ3n) is 0.523. The molecule has 0 aromatic carbocycles. The van der Waals surface area contributed by atoms with E-state index in [-0.39, 0.29) is 0 Å². The van der Waals surface area contributed by atoms with Gasteiger partial charge in [-0.3, -0.25) is 0 Å². The zero-order valence-electron chi connectivity index (χ0n) is 3.89. The lowest BCUT2D eigenvalue weighted by atomic mass is 10.7. The summed E-state index contributed by atoms with van der Waals surface area (Å²) in [7, 11) is 0. The minimum Gasteiger partial charge on any atom is -0.329 e. The Labute approximate surface area is 42.6 Å². The molecule has 1 heterocycles. The molecule has 1 aliphatic rings. The molecule has 0 fully saturated rings. The summed E-state index contributed by atoms with van der Waals surface area (Å²) in [5.41, 5.74) is 5.65. The third-order valence-corrected chi connectivity index (χ3v) is 0.523. The summed E-state index contributed by atoms with van der Waals surface area (Å²) in [5.74, 6) is 0. The van der Waals surface area contributed by atoms with Crippen molar-refractivity contribution in [2.75, 3.05) is 6.54 Å². The van der Waals surface area contributed by atoms with E-state index in [1.54, 1.807) is 0 Å². The summed E-state index contributed by atoms with van der Waals surface area (Å²) in [6, 6.07) is 0. The fourth-order valence-corrected chi connectivity index (χ4v) is 0.295. The Kier molecular flexibility index (Phi) is 4.27. The number of hydrogen-bond acceptors (Lipinski definition) is 3. The van der Waals surface area contributed by atoms with E-state index >= 15 is 0 Å². The fraction of sp³-hybridized carbons (Fsp3) is 0.250. The van der Waals surface area contributed by atoms with E-state index in [9.17, 15) is 0 Å². The van der Waals surface area contributed by atoms with Crippen LogP contribution in [0.4, 0.5) is 0 Å². The van der Waals surface area contributed by atoms with Crippen LogP contribution in [0.3, 0.4) is 0 Å². The number of nitrogens with zero attached hydrogens (tertiary/aromatic N) is 1. The highest BCUT2D eigenvalue weighted by atomic mass is 15.4. The zero-order chi connectivity index (χ0) is 5.54. The van der Waals surface area contributed by atoms with Crippen molar-refractivity contribution in [1.82, 2.24) is 10.9 Å². The topological polar surface area (TPSA) is 47.9 Å². The molecule has 1 aliphatic heterocycles. The van der Waals surface area contributed by atoms with Crippen LogP contribution >= 0.6 is 0 Å². The van der Waals surface area contributed by atoms with E-state index in [1.165, 1.54) is 0 Å². The van der Waals surface area contributed by atoms with E-state index < -0.39 is 0 Å². The number of hydrogen-bond donors (Lipinski definition) is 2. The second-order valence-corrected chi connectivity index (χ2v) is 0.928. The average Bonchev–Trinajstić information content (AvgIpc) is 2.23. The monoisotopic (exact) mass is 97.1 g/mol. The normalized spacial score (nSPS) is 14.0. The van der Waals surface area contributed by atoms with E-state index in [4.69, 9.17) is 5.26 Å². The van der Waals surface area contributed by atoms with Gasteiger partial charge in [-0.15, -0.1) is 0 Å². The van der Waals surface area contributed by atoms with Gasteiger partial charge in [-0.05, 0) is 0 Å². The molecule has 2 N–H and O–H groups in total. The highest BCUT2D eigenvalue weighted by Gasteiger charge is 1.78. The summed E-state index contributed by atoms with van der Waals surface area (Å²) in [4.78, 5) is 0. The molecular formula is C4H7N3. The van der Waals surface area contributed by atoms with Crippen molar-refractivity contribution in [2.24, 2.45) is 0 Å². The first-order valence-corrected chi connectivity index (χ1v) is 1.89. The molecule has 0 spiro atoms. The maximum absolute atomic E-state index is 6.50. The Morgan fingerprint density at radius 2 is 2.29 bits per heavy atom. The number of hydrazine groups is 1. The lowest BCUT2D eigenvalue weighted by Gasteiger charge is -1.83. The Morgan fingerprint density at radius 1 is 1.57 bits per heavy atom. The zero-order valence-corrected chi connectivity index (χ0v) is 3.89. The van der Waals surface area contributed by atoms with Gasteiger partial charge in [-0.25, -0.2) is 10.7 Å². The maximum atomic E-state index is 6.50. The van der Waals surface area contributed by atoms with Crippen LogP contribution in [-0.2, 0) is 0 Å². The molecule has 38 valence electrons. The molecule has 0 radical (unpaired) electrons. The molecule has 3 nitrogen and oxygen atoms in total. The van der Waals surface area contributed by atoms with Crippen LogP contribution in [0.1, 0.15) is 0 Å². The van der Waals surface area contributed by atoms with Crippen LogP contribution in [0, 0.1) is 11.8 Å². The molecule has 7 heavy (non-hydrogen) atoms. The van der Waals surface area contributed by atoms with Gasteiger partial charge in [0.1, 0.15) is 0 Å². The molecule has 0 atom stereocenters. The SMILES string of the molecule is C#N.C1=CNNC1. The average molecular weight is 97.1 g/mol. The van der Waals surface area contributed by atoms with E-state index in [0.717, 1.165) is 6.54 Å². The van der Waals surface area contributed by atoms with Crippen molar-refractivity contribution in [3.63, 3.8) is 0 Å². The van der Waals surface area contributed by atoms with Gasteiger partial charge in [-0.1, -0.05) is 6.08 Å². The van der Waals surface area contributed by atoms with Crippen LogP contribution in [0.2, 0.25) is 0 Å². The van der Waals surface area contributed by atoms with Gasteiger partial charge in [0, 0.05) is 19.3 Å². The quantitative estimate of drug-likeness (QED) is 0.438. The van der Waals surface area contributed by atoms with E-state index in [1.807, 2.05) is 12.3 Å².